The van der Waals surface area contributed by atoms with E-state index in [2.05, 4.69) is 62.3 Å². The van der Waals surface area contributed by atoms with Crippen LogP contribution >= 0.6 is 11.3 Å². The van der Waals surface area contributed by atoms with E-state index < -0.39 is 0 Å². The fraction of sp³-hybridized carbons (Fsp3) is 0.267. The van der Waals surface area contributed by atoms with Crippen molar-refractivity contribution in [3.05, 3.63) is 45.3 Å². The minimum Gasteiger partial charge on any atom is -0.237 e. The van der Waals surface area contributed by atoms with Crippen molar-refractivity contribution >= 4 is 17.4 Å². The van der Waals surface area contributed by atoms with E-state index in [0.29, 0.717) is 0 Å². The summed E-state index contributed by atoms with van der Waals surface area (Å²) in [6.07, 6.45) is 2.12. The van der Waals surface area contributed by atoms with Crippen molar-refractivity contribution in [2.24, 2.45) is 0 Å². The van der Waals surface area contributed by atoms with Gasteiger partial charge >= 0.3 is 0 Å². The van der Waals surface area contributed by atoms with Crippen molar-refractivity contribution in [1.82, 2.24) is 4.98 Å². The van der Waals surface area contributed by atoms with Crippen molar-refractivity contribution in [2.45, 2.75) is 27.7 Å². The normalized spacial score (nSPS) is 10.4. The molecule has 0 unspecified atom stereocenters. The number of benzene rings is 1. The maximum absolute atomic E-state index is 4.66. The van der Waals surface area contributed by atoms with Crippen molar-refractivity contribution in [3.8, 4) is 11.3 Å². The Morgan fingerprint density at radius 1 is 1.24 bits per heavy atom. The minimum atomic E-state index is 1.08. The zero-order valence-corrected chi connectivity index (χ0v) is 11.6. The third-order valence-electron chi connectivity index (χ3n) is 2.60. The standard InChI is InChI=1S/C15H17NS/c1-10(2)7-15-16-14(9-17-15)13-8-11(3)5-6-12(13)4/h5-9H,1-4H3. The fourth-order valence-electron chi connectivity index (χ4n) is 1.74. The van der Waals surface area contributed by atoms with E-state index >= 15 is 0 Å². The quantitative estimate of drug-likeness (QED) is 0.734. The van der Waals surface area contributed by atoms with Gasteiger partial charge in [0.2, 0.25) is 0 Å². The van der Waals surface area contributed by atoms with Gasteiger partial charge in [-0.15, -0.1) is 11.3 Å². The summed E-state index contributed by atoms with van der Waals surface area (Å²) in [6.45, 7) is 8.44. The lowest BCUT2D eigenvalue weighted by Gasteiger charge is -2.03. The van der Waals surface area contributed by atoms with Crippen molar-refractivity contribution in [1.29, 1.82) is 0 Å². The molecule has 0 N–H and O–H groups in total. The first-order valence-electron chi connectivity index (χ1n) is 5.74. The summed E-state index contributed by atoms with van der Waals surface area (Å²) in [4.78, 5) is 4.66. The van der Waals surface area contributed by atoms with Gasteiger partial charge in [-0.05, 0) is 45.4 Å². The predicted octanol–water partition coefficient (Wildman–Crippen LogP) is 4.85. The molecular weight excluding hydrogens is 226 g/mol. The van der Waals surface area contributed by atoms with Crippen LogP contribution in [-0.2, 0) is 0 Å². The second kappa shape index (κ2) is 4.84. The van der Waals surface area contributed by atoms with E-state index in [0.717, 1.165) is 10.7 Å². The Morgan fingerprint density at radius 2 is 2.00 bits per heavy atom. The number of allylic oxidation sites excluding steroid dienone is 1. The highest BCUT2D eigenvalue weighted by molar-refractivity contribution is 7.10. The molecule has 0 saturated heterocycles. The molecular formula is C15H17NS. The summed E-state index contributed by atoms with van der Waals surface area (Å²) in [5, 5.41) is 3.22. The van der Waals surface area contributed by atoms with Crippen LogP contribution in [-0.4, -0.2) is 4.98 Å². The minimum absolute atomic E-state index is 1.08. The van der Waals surface area contributed by atoms with Gasteiger partial charge in [-0.3, -0.25) is 0 Å². The number of hydrogen-bond donors (Lipinski definition) is 0. The fourth-order valence-corrected chi connectivity index (χ4v) is 2.60. The zero-order valence-electron chi connectivity index (χ0n) is 10.7. The topological polar surface area (TPSA) is 12.9 Å². The average molecular weight is 243 g/mol. The van der Waals surface area contributed by atoms with Gasteiger partial charge in [0.1, 0.15) is 5.01 Å². The molecule has 88 valence electrons. The van der Waals surface area contributed by atoms with Crippen molar-refractivity contribution in [2.75, 3.05) is 0 Å². The second-order valence-corrected chi connectivity index (χ2v) is 5.50. The molecule has 2 heteroatoms. The molecule has 0 amide bonds. The maximum atomic E-state index is 4.66. The van der Waals surface area contributed by atoms with Gasteiger partial charge in [-0.1, -0.05) is 23.3 Å². The molecule has 0 fully saturated rings. The molecule has 1 heterocycles. The number of aromatic nitrogens is 1. The Hall–Kier alpha value is -1.41. The van der Waals surface area contributed by atoms with Gasteiger partial charge in [0.05, 0.1) is 5.69 Å². The van der Waals surface area contributed by atoms with Crippen LogP contribution in [0.2, 0.25) is 0 Å². The van der Waals surface area contributed by atoms with Gasteiger partial charge < -0.3 is 0 Å². The second-order valence-electron chi connectivity index (χ2n) is 4.61. The summed E-state index contributed by atoms with van der Waals surface area (Å²) < 4.78 is 0. The van der Waals surface area contributed by atoms with Gasteiger partial charge in [0.25, 0.3) is 0 Å². The van der Waals surface area contributed by atoms with Crippen LogP contribution in [0, 0.1) is 13.8 Å². The molecule has 0 aliphatic heterocycles. The highest BCUT2D eigenvalue weighted by atomic mass is 32.1. The monoisotopic (exact) mass is 243 g/mol. The lowest BCUT2D eigenvalue weighted by atomic mass is 10.0. The van der Waals surface area contributed by atoms with Gasteiger partial charge in [0, 0.05) is 10.9 Å². The third kappa shape index (κ3) is 2.83. The maximum Gasteiger partial charge on any atom is 0.116 e. The van der Waals surface area contributed by atoms with Crippen LogP contribution in [0.25, 0.3) is 17.3 Å². The van der Waals surface area contributed by atoms with E-state index in [9.17, 15) is 0 Å². The van der Waals surface area contributed by atoms with E-state index in [1.54, 1.807) is 11.3 Å². The average Bonchev–Trinajstić information content (AvgIpc) is 2.69. The number of thiazole rings is 1. The van der Waals surface area contributed by atoms with E-state index in [1.807, 2.05) is 0 Å². The predicted molar refractivity (Wildman–Crippen MR) is 76.3 cm³/mol. The van der Waals surface area contributed by atoms with Crippen LogP contribution in [0.4, 0.5) is 0 Å². The molecule has 1 aromatic heterocycles. The van der Waals surface area contributed by atoms with Crippen LogP contribution in [0.5, 0.6) is 0 Å². The lowest BCUT2D eigenvalue weighted by Crippen LogP contribution is -1.85. The molecule has 2 aromatic rings. The summed E-state index contributed by atoms with van der Waals surface area (Å²) in [5.74, 6) is 0. The molecule has 0 aliphatic rings. The first-order valence-corrected chi connectivity index (χ1v) is 6.62. The Balaban J connectivity index is 2.43. The molecule has 0 bridgehead atoms. The first kappa shape index (κ1) is 12.1. The Kier molecular flexibility index (Phi) is 3.43. The number of hydrogen-bond acceptors (Lipinski definition) is 2. The number of nitrogens with zero attached hydrogens (tertiary/aromatic N) is 1. The third-order valence-corrected chi connectivity index (χ3v) is 3.39. The first-order chi connectivity index (χ1) is 8.06. The van der Waals surface area contributed by atoms with Gasteiger partial charge in [-0.2, -0.15) is 0 Å². The van der Waals surface area contributed by atoms with Crippen LogP contribution < -0.4 is 0 Å². The highest BCUT2D eigenvalue weighted by Crippen LogP contribution is 2.26. The van der Waals surface area contributed by atoms with E-state index in [1.165, 1.54) is 22.3 Å². The van der Waals surface area contributed by atoms with Crippen molar-refractivity contribution in [3.63, 3.8) is 0 Å². The van der Waals surface area contributed by atoms with E-state index in [4.69, 9.17) is 0 Å². The Morgan fingerprint density at radius 3 is 2.71 bits per heavy atom. The van der Waals surface area contributed by atoms with Gasteiger partial charge in [0.15, 0.2) is 0 Å². The SMILES string of the molecule is CC(C)=Cc1nc(-c2cc(C)ccc2C)cs1. The summed E-state index contributed by atoms with van der Waals surface area (Å²) in [5.41, 5.74) is 6.18. The van der Waals surface area contributed by atoms with E-state index in [-0.39, 0.29) is 0 Å². The smallest absolute Gasteiger partial charge is 0.116 e. The Labute approximate surface area is 107 Å². The van der Waals surface area contributed by atoms with Crippen LogP contribution in [0.3, 0.4) is 0 Å². The summed E-state index contributed by atoms with van der Waals surface area (Å²) >= 11 is 1.70. The molecule has 0 radical (unpaired) electrons. The lowest BCUT2D eigenvalue weighted by molar-refractivity contribution is 1.32. The molecule has 1 aromatic carbocycles. The molecule has 1 nitrogen and oxygen atoms in total. The highest BCUT2D eigenvalue weighted by Gasteiger charge is 2.06. The van der Waals surface area contributed by atoms with Crippen LogP contribution in [0.1, 0.15) is 30.0 Å². The largest absolute Gasteiger partial charge is 0.237 e. The summed E-state index contributed by atoms with van der Waals surface area (Å²) in [6, 6.07) is 6.50. The number of aryl methyl sites for hydroxylation is 2. The molecule has 0 saturated carbocycles. The molecule has 0 spiro atoms. The molecule has 2 rings (SSSR count). The number of rotatable bonds is 2. The molecule has 17 heavy (non-hydrogen) atoms. The Bertz CT molecular complexity index is 560. The van der Waals surface area contributed by atoms with Crippen molar-refractivity contribution < 1.29 is 0 Å². The molecule has 0 atom stereocenters. The molecule has 0 aliphatic carbocycles. The van der Waals surface area contributed by atoms with Gasteiger partial charge in [-0.25, -0.2) is 4.98 Å². The zero-order chi connectivity index (χ0) is 12.4. The van der Waals surface area contributed by atoms with Crippen LogP contribution in [0.15, 0.2) is 29.2 Å². The summed E-state index contributed by atoms with van der Waals surface area (Å²) in [7, 11) is 0.